The van der Waals surface area contributed by atoms with Gasteiger partial charge >= 0.3 is 5.97 Å². The van der Waals surface area contributed by atoms with Gasteiger partial charge in [-0.1, -0.05) is 18.2 Å². The number of rotatable bonds is 5. The fraction of sp³-hybridized carbons (Fsp3) is 0.381. The Morgan fingerprint density at radius 1 is 1.21 bits per heavy atom. The van der Waals surface area contributed by atoms with Crippen molar-refractivity contribution >= 4 is 29.1 Å². The molecule has 3 rings (SSSR count). The maximum absolute atomic E-state index is 12.9. The fourth-order valence-electron chi connectivity index (χ4n) is 3.45. The number of esters is 1. The van der Waals surface area contributed by atoms with E-state index in [1.165, 1.54) is 18.4 Å². The highest BCUT2D eigenvalue weighted by Crippen LogP contribution is 2.22. The minimum absolute atomic E-state index is 0.00792. The van der Waals surface area contributed by atoms with Crippen molar-refractivity contribution < 1.29 is 19.1 Å². The molecule has 148 valence electrons. The van der Waals surface area contributed by atoms with Crippen LogP contribution in [0.2, 0.25) is 0 Å². The first kappa shape index (κ1) is 20.1. The number of hydrogen-bond acceptors (Lipinski definition) is 5. The summed E-state index contributed by atoms with van der Waals surface area (Å²) in [6.45, 7) is 1.61. The van der Waals surface area contributed by atoms with Crippen LogP contribution in [0.15, 0.2) is 41.8 Å². The first-order chi connectivity index (χ1) is 13.5. The number of likely N-dealkylation sites (tertiary alicyclic amines) is 1. The Bertz CT molecular complexity index is 833. The summed E-state index contributed by atoms with van der Waals surface area (Å²) in [5, 5.41) is 1.89. The van der Waals surface area contributed by atoms with E-state index in [9.17, 15) is 14.4 Å². The molecule has 2 aromatic rings. The Balaban J connectivity index is 1.59. The number of ether oxygens (including phenoxy) is 1. The third-order valence-corrected chi connectivity index (χ3v) is 5.82. The molecule has 0 radical (unpaired) electrons. The average Bonchev–Trinajstić information content (AvgIpc) is 3.27. The topological polar surface area (TPSA) is 66.9 Å². The second-order valence-electron chi connectivity index (χ2n) is 6.95. The van der Waals surface area contributed by atoms with Crippen molar-refractivity contribution in [3.8, 4) is 0 Å². The molecule has 1 aromatic heterocycles. The van der Waals surface area contributed by atoms with E-state index in [0.29, 0.717) is 30.1 Å². The van der Waals surface area contributed by atoms with Crippen molar-refractivity contribution in [3.63, 3.8) is 0 Å². The molecule has 0 spiro atoms. The standard InChI is InChI=1S/C21H24N2O4S/c1-22(13-15-7-9-16(10-8-15)21(26)27-2)19(24)17-5-3-11-23(14-17)20(25)18-6-4-12-28-18/h4,6-10,12,17H,3,5,11,13-14H2,1-2H3/t17-/m1/s1. The summed E-state index contributed by atoms with van der Waals surface area (Å²) in [5.41, 5.74) is 1.42. The van der Waals surface area contributed by atoms with Gasteiger partial charge in [-0.3, -0.25) is 9.59 Å². The van der Waals surface area contributed by atoms with Gasteiger partial charge in [0.1, 0.15) is 0 Å². The van der Waals surface area contributed by atoms with Crippen molar-refractivity contribution in [1.82, 2.24) is 9.80 Å². The van der Waals surface area contributed by atoms with E-state index in [1.54, 1.807) is 29.0 Å². The molecule has 0 bridgehead atoms. The lowest BCUT2D eigenvalue weighted by Crippen LogP contribution is -2.45. The summed E-state index contributed by atoms with van der Waals surface area (Å²) in [6.07, 6.45) is 1.62. The summed E-state index contributed by atoms with van der Waals surface area (Å²) in [6, 6.07) is 10.7. The molecule has 0 N–H and O–H groups in total. The Hall–Kier alpha value is -2.67. The number of methoxy groups -OCH3 is 1. The molecule has 1 atom stereocenters. The van der Waals surface area contributed by atoms with E-state index in [4.69, 9.17) is 4.74 Å². The van der Waals surface area contributed by atoms with Crippen molar-refractivity contribution in [2.45, 2.75) is 19.4 Å². The molecule has 28 heavy (non-hydrogen) atoms. The predicted molar refractivity (Wildman–Crippen MR) is 107 cm³/mol. The van der Waals surface area contributed by atoms with Gasteiger partial charge in [-0.15, -0.1) is 11.3 Å². The second kappa shape index (κ2) is 9.01. The molecule has 2 heterocycles. The highest BCUT2D eigenvalue weighted by Gasteiger charge is 2.30. The van der Waals surface area contributed by atoms with Crippen LogP contribution in [0.25, 0.3) is 0 Å². The van der Waals surface area contributed by atoms with Gasteiger partial charge in [-0.2, -0.15) is 0 Å². The van der Waals surface area contributed by atoms with Gasteiger partial charge in [0.15, 0.2) is 0 Å². The van der Waals surface area contributed by atoms with Crippen LogP contribution in [0, 0.1) is 5.92 Å². The normalized spacial score (nSPS) is 16.5. The maximum Gasteiger partial charge on any atom is 0.337 e. The number of hydrogen-bond donors (Lipinski definition) is 0. The maximum atomic E-state index is 12.9. The number of carbonyl (C=O) groups is 3. The van der Waals surface area contributed by atoms with Crippen LogP contribution in [0.5, 0.6) is 0 Å². The van der Waals surface area contributed by atoms with Crippen molar-refractivity contribution in [3.05, 3.63) is 57.8 Å². The van der Waals surface area contributed by atoms with Gasteiger partial charge in [0.05, 0.1) is 23.5 Å². The largest absolute Gasteiger partial charge is 0.465 e. The second-order valence-corrected chi connectivity index (χ2v) is 7.90. The summed E-state index contributed by atoms with van der Waals surface area (Å²) >= 11 is 1.43. The Morgan fingerprint density at radius 2 is 1.96 bits per heavy atom. The first-order valence-corrected chi connectivity index (χ1v) is 10.1. The molecule has 1 aromatic carbocycles. The lowest BCUT2D eigenvalue weighted by atomic mass is 9.96. The molecule has 2 amide bonds. The molecule has 1 fully saturated rings. The van der Waals surface area contributed by atoms with E-state index in [1.807, 2.05) is 29.6 Å². The van der Waals surface area contributed by atoms with E-state index in [0.717, 1.165) is 18.4 Å². The molecular formula is C21H24N2O4S. The van der Waals surface area contributed by atoms with Crippen LogP contribution in [-0.2, 0) is 16.1 Å². The monoisotopic (exact) mass is 400 g/mol. The highest BCUT2D eigenvalue weighted by molar-refractivity contribution is 7.12. The summed E-state index contributed by atoms with van der Waals surface area (Å²) in [5.74, 6) is -0.514. The molecule has 0 saturated carbocycles. The third kappa shape index (κ3) is 4.59. The molecule has 7 heteroatoms. The Morgan fingerprint density at radius 3 is 2.61 bits per heavy atom. The lowest BCUT2D eigenvalue weighted by Gasteiger charge is -2.33. The van der Waals surface area contributed by atoms with Crippen LogP contribution in [0.3, 0.4) is 0 Å². The first-order valence-electron chi connectivity index (χ1n) is 9.24. The van der Waals surface area contributed by atoms with E-state index >= 15 is 0 Å². The number of piperidine rings is 1. The molecule has 1 saturated heterocycles. The third-order valence-electron chi connectivity index (χ3n) is 4.96. The zero-order chi connectivity index (χ0) is 20.1. The summed E-state index contributed by atoms with van der Waals surface area (Å²) in [4.78, 5) is 41.2. The quantitative estimate of drug-likeness (QED) is 0.724. The van der Waals surface area contributed by atoms with Gasteiger partial charge in [0, 0.05) is 26.7 Å². The van der Waals surface area contributed by atoms with Crippen molar-refractivity contribution in [1.29, 1.82) is 0 Å². The molecule has 0 unspecified atom stereocenters. The molecule has 0 aliphatic carbocycles. The van der Waals surface area contributed by atoms with E-state index < -0.39 is 0 Å². The minimum atomic E-state index is -0.381. The van der Waals surface area contributed by atoms with Crippen LogP contribution in [-0.4, -0.2) is 54.8 Å². The van der Waals surface area contributed by atoms with Gasteiger partial charge in [-0.05, 0) is 42.0 Å². The number of amides is 2. The average molecular weight is 401 g/mol. The number of carbonyl (C=O) groups excluding carboxylic acids is 3. The van der Waals surface area contributed by atoms with Gasteiger partial charge in [0.25, 0.3) is 5.91 Å². The summed E-state index contributed by atoms with van der Waals surface area (Å²) in [7, 11) is 3.12. The van der Waals surface area contributed by atoms with E-state index in [-0.39, 0.29) is 23.7 Å². The lowest BCUT2D eigenvalue weighted by molar-refractivity contribution is -0.136. The highest BCUT2D eigenvalue weighted by atomic mass is 32.1. The van der Waals surface area contributed by atoms with Gasteiger partial charge < -0.3 is 14.5 Å². The van der Waals surface area contributed by atoms with E-state index in [2.05, 4.69) is 0 Å². The molecule has 1 aliphatic rings. The zero-order valence-corrected chi connectivity index (χ0v) is 16.9. The van der Waals surface area contributed by atoms with Crippen LogP contribution < -0.4 is 0 Å². The van der Waals surface area contributed by atoms with Gasteiger partial charge in [-0.25, -0.2) is 4.79 Å². The number of thiophene rings is 1. The number of nitrogens with zero attached hydrogens (tertiary/aromatic N) is 2. The van der Waals surface area contributed by atoms with Crippen LogP contribution >= 0.6 is 11.3 Å². The molecule has 6 nitrogen and oxygen atoms in total. The molecule has 1 aliphatic heterocycles. The molecular weight excluding hydrogens is 376 g/mol. The minimum Gasteiger partial charge on any atom is -0.465 e. The van der Waals surface area contributed by atoms with Crippen LogP contribution in [0.1, 0.15) is 38.4 Å². The fourth-order valence-corrected chi connectivity index (χ4v) is 4.14. The smallest absolute Gasteiger partial charge is 0.337 e. The Labute approximate surface area is 168 Å². The van der Waals surface area contributed by atoms with Crippen molar-refractivity contribution in [2.75, 3.05) is 27.2 Å². The summed E-state index contributed by atoms with van der Waals surface area (Å²) < 4.78 is 4.70. The van der Waals surface area contributed by atoms with Crippen LogP contribution in [0.4, 0.5) is 0 Å². The number of benzene rings is 1. The van der Waals surface area contributed by atoms with Crippen molar-refractivity contribution in [2.24, 2.45) is 5.92 Å². The SMILES string of the molecule is COC(=O)c1ccc(CN(C)C(=O)[C@@H]2CCCN(C(=O)c3cccs3)C2)cc1. The Kier molecular flexibility index (Phi) is 6.46. The van der Waals surface area contributed by atoms with Gasteiger partial charge in [0.2, 0.25) is 5.91 Å². The zero-order valence-electron chi connectivity index (χ0n) is 16.1. The predicted octanol–water partition coefficient (Wildman–Crippen LogP) is 3.05.